The van der Waals surface area contributed by atoms with E-state index in [2.05, 4.69) is 11.8 Å². The number of likely N-dealkylation sites (tertiary alicyclic amines) is 1. The molecule has 0 aliphatic carbocycles. The summed E-state index contributed by atoms with van der Waals surface area (Å²) in [6, 6.07) is 4.84. The van der Waals surface area contributed by atoms with Crippen LogP contribution in [-0.4, -0.2) is 24.5 Å². The van der Waals surface area contributed by atoms with Crippen LogP contribution in [0.3, 0.4) is 0 Å². The molecule has 0 aromatic heterocycles. The van der Waals surface area contributed by atoms with Crippen LogP contribution in [-0.2, 0) is 0 Å². The summed E-state index contributed by atoms with van der Waals surface area (Å²) < 4.78 is 14.1. The summed E-state index contributed by atoms with van der Waals surface area (Å²) in [5.41, 5.74) is 6.55. The van der Waals surface area contributed by atoms with Crippen molar-refractivity contribution >= 4 is 11.6 Å². The fourth-order valence-corrected chi connectivity index (χ4v) is 3.00. The second-order valence-electron chi connectivity index (χ2n) is 5.49. The first-order chi connectivity index (χ1) is 9.11. The highest BCUT2D eigenvalue weighted by Crippen LogP contribution is 2.28. The van der Waals surface area contributed by atoms with Crippen molar-refractivity contribution in [2.45, 2.75) is 32.2 Å². The van der Waals surface area contributed by atoms with Crippen molar-refractivity contribution in [3.8, 4) is 0 Å². The number of nitrogens with zero attached hydrogens (tertiary/aromatic N) is 1. The quantitative estimate of drug-likeness (QED) is 0.919. The van der Waals surface area contributed by atoms with E-state index in [1.807, 2.05) is 0 Å². The van der Waals surface area contributed by atoms with Crippen LogP contribution >= 0.6 is 11.6 Å². The molecule has 1 heterocycles. The Morgan fingerprint density at radius 3 is 2.89 bits per heavy atom. The molecule has 1 aromatic carbocycles. The Bertz CT molecular complexity index is 425. The van der Waals surface area contributed by atoms with E-state index in [9.17, 15) is 4.39 Å². The van der Waals surface area contributed by atoms with E-state index in [1.54, 1.807) is 12.1 Å². The topological polar surface area (TPSA) is 29.3 Å². The second-order valence-corrected chi connectivity index (χ2v) is 5.93. The van der Waals surface area contributed by atoms with Crippen LogP contribution in [0.25, 0.3) is 0 Å². The van der Waals surface area contributed by atoms with Gasteiger partial charge in [0.1, 0.15) is 5.82 Å². The lowest BCUT2D eigenvalue weighted by Crippen LogP contribution is -2.35. The molecule has 2 rings (SSSR count). The summed E-state index contributed by atoms with van der Waals surface area (Å²) in [6.45, 7) is 4.70. The van der Waals surface area contributed by atoms with Gasteiger partial charge in [-0.2, -0.15) is 0 Å². The van der Waals surface area contributed by atoms with Gasteiger partial charge in [0.05, 0.1) is 0 Å². The van der Waals surface area contributed by atoms with E-state index in [0.29, 0.717) is 17.1 Å². The van der Waals surface area contributed by atoms with E-state index in [-0.39, 0.29) is 11.9 Å². The molecule has 2 nitrogen and oxygen atoms in total. The molecular weight excluding hydrogens is 263 g/mol. The number of halogens is 2. The largest absolute Gasteiger partial charge is 0.329 e. The molecule has 0 saturated carbocycles. The van der Waals surface area contributed by atoms with Gasteiger partial charge in [0.25, 0.3) is 0 Å². The first-order valence-electron chi connectivity index (χ1n) is 7.01. The van der Waals surface area contributed by atoms with Crippen molar-refractivity contribution < 1.29 is 4.39 Å². The number of hydrogen-bond donors (Lipinski definition) is 1. The predicted octanol–water partition coefficient (Wildman–Crippen LogP) is 3.60. The number of hydrogen-bond acceptors (Lipinski definition) is 2. The van der Waals surface area contributed by atoms with Gasteiger partial charge in [-0.3, -0.25) is 4.90 Å². The highest BCUT2D eigenvalue weighted by atomic mass is 35.5. The minimum absolute atomic E-state index is 0.0393. The van der Waals surface area contributed by atoms with Crippen LogP contribution < -0.4 is 5.73 Å². The highest BCUT2D eigenvalue weighted by molar-refractivity contribution is 6.30. The third kappa shape index (κ3) is 3.68. The molecular formula is C15H22ClFN2. The third-order valence-corrected chi connectivity index (χ3v) is 4.27. The lowest BCUT2D eigenvalue weighted by Gasteiger charge is -2.30. The first kappa shape index (κ1) is 14.8. The van der Waals surface area contributed by atoms with Gasteiger partial charge in [-0.1, -0.05) is 24.6 Å². The number of nitrogens with two attached hydrogens (primary N) is 1. The van der Waals surface area contributed by atoms with Crippen molar-refractivity contribution in [2.75, 3.05) is 19.6 Å². The van der Waals surface area contributed by atoms with Gasteiger partial charge in [0.2, 0.25) is 0 Å². The van der Waals surface area contributed by atoms with Crippen LogP contribution in [0.15, 0.2) is 18.2 Å². The second kappa shape index (κ2) is 6.69. The zero-order valence-electron chi connectivity index (χ0n) is 11.4. The van der Waals surface area contributed by atoms with E-state index in [4.69, 9.17) is 17.3 Å². The predicted molar refractivity (Wildman–Crippen MR) is 77.8 cm³/mol. The molecule has 2 unspecified atom stereocenters. The summed E-state index contributed by atoms with van der Waals surface area (Å²) in [5, 5.41) is 0.432. The molecule has 106 valence electrons. The zero-order chi connectivity index (χ0) is 13.8. The molecule has 0 radical (unpaired) electrons. The van der Waals surface area contributed by atoms with Crippen LogP contribution in [0, 0.1) is 11.7 Å². The van der Waals surface area contributed by atoms with Crippen molar-refractivity contribution in [1.29, 1.82) is 0 Å². The van der Waals surface area contributed by atoms with Gasteiger partial charge >= 0.3 is 0 Å². The fraction of sp³-hybridized carbons (Fsp3) is 0.600. The molecule has 1 aromatic rings. The monoisotopic (exact) mass is 284 g/mol. The van der Waals surface area contributed by atoms with Gasteiger partial charge in [-0.15, -0.1) is 0 Å². The average Bonchev–Trinajstić information content (AvgIpc) is 2.58. The Morgan fingerprint density at radius 1 is 1.42 bits per heavy atom. The minimum atomic E-state index is -0.250. The maximum Gasteiger partial charge on any atom is 0.129 e. The Kier molecular flexibility index (Phi) is 5.20. The maximum absolute atomic E-state index is 14.1. The molecule has 19 heavy (non-hydrogen) atoms. The molecule has 0 bridgehead atoms. The normalized spacial score (nSPS) is 23.1. The van der Waals surface area contributed by atoms with E-state index < -0.39 is 0 Å². The molecule has 1 aliphatic rings. The molecule has 2 atom stereocenters. The minimum Gasteiger partial charge on any atom is -0.329 e. The van der Waals surface area contributed by atoms with Crippen LogP contribution in [0.5, 0.6) is 0 Å². The lowest BCUT2D eigenvalue weighted by atomic mass is 10.0. The fourth-order valence-electron chi connectivity index (χ4n) is 2.84. The summed E-state index contributed by atoms with van der Waals surface area (Å²) >= 11 is 5.81. The lowest BCUT2D eigenvalue weighted by molar-refractivity contribution is 0.203. The Morgan fingerprint density at radius 2 is 2.21 bits per heavy atom. The molecule has 2 N–H and O–H groups in total. The van der Waals surface area contributed by atoms with Crippen molar-refractivity contribution in [3.63, 3.8) is 0 Å². The summed E-state index contributed by atoms with van der Waals surface area (Å²) in [6.07, 6.45) is 3.56. The van der Waals surface area contributed by atoms with E-state index in [1.165, 1.54) is 12.5 Å². The standard InChI is InChI=1S/C15H22ClFN2/c1-11-3-2-7-19(8-6-11)15(10-18)13-5-4-12(16)9-14(13)17/h4-5,9,11,15H,2-3,6-8,10,18H2,1H3. The molecule has 0 spiro atoms. The van der Waals surface area contributed by atoms with Gasteiger partial charge in [0.15, 0.2) is 0 Å². The Balaban J connectivity index is 2.18. The number of benzene rings is 1. The Hall–Kier alpha value is -0.640. The van der Waals surface area contributed by atoms with Crippen molar-refractivity contribution in [2.24, 2.45) is 11.7 Å². The maximum atomic E-state index is 14.1. The molecule has 1 fully saturated rings. The van der Waals surface area contributed by atoms with Crippen molar-refractivity contribution in [3.05, 3.63) is 34.6 Å². The summed E-state index contributed by atoms with van der Waals surface area (Å²) in [7, 11) is 0. The van der Waals surface area contributed by atoms with Gasteiger partial charge in [-0.05, 0) is 50.4 Å². The van der Waals surface area contributed by atoms with E-state index >= 15 is 0 Å². The molecule has 1 aliphatic heterocycles. The third-order valence-electron chi connectivity index (χ3n) is 4.04. The van der Waals surface area contributed by atoms with E-state index in [0.717, 1.165) is 31.8 Å². The SMILES string of the molecule is CC1CCCN(C(CN)c2ccc(Cl)cc2F)CC1. The summed E-state index contributed by atoms with van der Waals surface area (Å²) in [4.78, 5) is 2.32. The van der Waals surface area contributed by atoms with Crippen LogP contribution in [0.2, 0.25) is 5.02 Å². The average molecular weight is 285 g/mol. The zero-order valence-corrected chi connectivity index (χ0v) is 12.2. The molecule has 4 heteroatoms. The molecule has 0 amide bonds. The molecule has 1 saturated heterocycles. The van der Waals surface area contributed by atoms with Crippen LogP contribution in [0.1, 0.15) is 37.8 Å². The first-order valence-corrected chi connectivity index (χ1v) is 7.38. The highest BCUT2D eigenvalue weighted by Gasteiger charge is 2.24. The van der Waals surface area contributed by atoms with Gasteiger partial charge < -0.3 is 5.73 Å². The van der Waals surface area contributed by atoms with Crippen molar-refractivity contribution in [1.82, 2.24) is 4.90 Å². The van der Waals surface area contributed by atoms with Gasteiger partial charge in [-0.25, -0.2) is 4.39 Å². The van der Waals surface area contributed by atoms with Crippen LogP contribution in [0.4, 0.5) is 4.39 Å². The summed E-state index contributed by atoms with van der Waals surface area (Å²) in [5.74, 6) is 0.499. The Labute approximate surface area is 119 Å². The van der Waals surface area contributed by atoms with Gasteiger partial charge in [0, 0.05) is 23.2 Å². The smallest absolute Gasteiger partial charge is 0.129 e. The number of rotatable bonds is 3.